The molecule has 3 aliphatic heterocycles. The summed E-state index contributed by atoms with van der Waals surface area (Å²) < 4.78 is 20.6. The molecule has 0 unspecified atom stereocenters. The number of carbonyl (C=O) groups is 3. The van der Waals surface area contributed by atoms with E-state index < -0.39 is 47.1 Å². The third kappa shape index (κ3) is 4.41. The van der Waals surface area contributed by atoms with Gasteiger partial charge in [0.15, 0.2) is 11.9 Å². The number of nitrogens with one attached hydrogen (secondary N) is 1. The Balaban J connectivity index is 1.36. The Morgan fingerprint density at radius 2 is 1.38 bits per heavy atom. The first-order chi connectivity index (χ1) is 23.0. The number of rotatable bonds is 6. The molecule has 0 aliphatic carbocycles. The summed E-state index contributed by atoms with van der Waals surface area (Å²) in [5.41, 5.74) is 2.98. The molecule has 230 valence electrons. The van der Waals surface area contributed by atoms with E-state index in [2.05, 4.69) is 5.32 Å². The van der Waals surface area contributed by atoms with Crippen molar-refractivity contribution in [1.29, 1.82) is 0 Å². The fraction of sp³-hybridized carbons (Fsp3) is 0.125. The van der Waals surface area contributed by atoms with Crippen LogP contribution < -0.4 is 10.2 Å². The Kier molecular flexibility index (Phi) is 6.83. The van der Waals surface area contributed by atoms with E-state index in [9.17, 15) is 14.0 Å². The number of halogens is 1. The van der Waals surface area contributed by atoms with Crippen LogP contribution >= 0.6 is 0 Å². The molecule has 47 heavy (non-hydrogen) atoms. The summed E-state index contributed by atoms with van der Waals surface area (Å²) >= 11 is 0. The van der Waals surface area contributed by atoms with Crippen LogP contribution in [0.15, 0.2) is 140 Å². The zero-order valence-electron chi connectivity index (χ0n) is 25.1. The summed E-state index contributed by atoms with van der Waals surface area (Å²) in [6, 6.07) is 37.2. The number of nitrogens with zero attached hydrogens (tertiary/aromatic N) is 1. The SMILES string of the molecule is O=C(OC(c1ccccc1)c1ccccc1)[C@@H]1[C@H](C(=O)c2ccc(F)cc2)N2c3ccccc3C=C[C@@H]2[C@]12C(=O)Nc1ccccc12. The number of hydrogen-bond donors (Lipinski definition) is 1. The molecule has 1 amide bonds. The number of esters is 1. The molecule has 0 aromatic heterocycles. The normalized spacial score (nSPS) is 22.0. The Morgan fingerprint density at radius 1 is 0.766 bits per heavy atom. The first kappa shape index (κ1) is 28.6. The lowest BCUT2D eigenvalue weighted by molar-refractivity contribution is -0.156. The minimum Gasteiger partial charge on any atom is -0.452 e. The van der Waals surface area contributed by atoms with Crippen LogP contribution in [-0.4, -0.2) is 29.7 Å². The monoisotopic (exact) mass is 620 g/mol. The van der Waals surface area contributed by atoms with Gasteiger partial charge in [-0.05, 0) is 58.7 Å². The average molecular weight is 621 g/mol. The minimum atomic E-state index is -1.52. The van der Waals surface area contributed by atoms with Crippen LogP contribution in [0.1, 0.15) is 38.7 Å². The highest BCUT2D eigenvalue weighted by atomic mass is 19.1. The van der Waals surface area contributed by atoms with Gasteiger partial charge in [-0.15, -0.1) is 0 Å². The predicted octanol–water partition coefficient (Wildman–Crippen LogP) is 7.13. The number of ether oxygens (including phenoxy) is 1. The van der Waals surface area contributed by atoms with Gasteiger partial charge in [0, 0.05) is 16.9 Å². The number of benzene rings is 5. The van der Waals surface area contributed by atoms with Crippen LogP contribution in [0.4, 0.5) is 15.8 Å². The molecule has 0 radical (unpaired) electrons. The topological polar surface area (TPSA) is 75.7 Å². The summed E-state index contributed by atoms with van der Waals surface area (Å²) in [7, 11) is 0. The van der Waals surface area contributed by atoms with E-state index >= 15 is 4.79 Å². The van der Waals surface area contributed by atoms with Crippen LogP contribution in [0.3, 0.4) is 0 Å². The van der Waals surface area contributed by atoms with E-state index in [-0.39, 0.29) is 11.5 Å². The Bertz CT molecular complexity index is 2010. The summed E-state index contributed by atoms with van der Waals surface area (Å²) in [5.74, 6) is -3.24. The average Bonchev–Trinajstić information content (AvgIpc) is 3.60. The zero-order valence-corrected chi connectivity index (χ0v) is 25.1. The quantitative estimate of drug-likeness (QED) is 0.162. The van der Waals surface area contributed by atoms with Gasteiger partial charge in [0.1, 0.15) is 23.2 Å². The Hall–Kier alpha value is -5.82. The second-order valence-electron chi connectivity index (χ2n) is 12.1. The fourth-order valence-electron chi connectivity index (χ4n) is 7.64. The second kappa shape index (κ2) is 11.2. The van der Waals surface area contributed by atoms with Gasteiger partial charge in [0.25, 0.3) is 0 Å². The highest BCUT2D eigenvalue weighted by Gasteiger charge is 2.71. The van der Waals surface area contributed by atoms with E-state index in [1.54, 1.807) is 6.07 Å². The van der Waals surface area contributed by atoms with Crippen molar-refractivity contribution < 1.29 is 23.5 Å². The molecule has 0 saturated carbocycles. The summed E-state index contributed by atoms with van der Waals surface area (Å²) in [5, 5.41) is 3.03. The first-order valence-electron chi connectivity index (χ1n) is 15.5. The lowest BCUT2D eigenvalue weighted by atomic mass is 9.66. The smallest absolute Gasteiger partial charge is 0.314 e. The van der Waals surface area contributed by atoms with Crippen molar-refractivity contribution in [3.05, 3.63) is 173 Å². The number of Topliss-reactive ketones (excluding diaryl/α,β-unsaturated/α-hetero) is 1. The third-order valence-corrected chi connectivity index (χ3v) is 9.63. The number of para-hydroxylation sites is 2. The number of carbonyl (C=O) groups excluding carboxylic acids is 3. The van der Waals surface area contributed by atoms with Gasteiger partial charge >= 0.3 is 5.97 Å². The van der Waals surface area contributed by atoms with Gasteiger partial charge < -0.3 is 15.0 Å². The number of anilines is 2. The number of ketones is 1. The van der Waals surface area contributed by atoms with E-state index in [0.29, 0.717) is 11.3 Å². The van der Waals surface area contributed by atoms with Crippen LogP contribution in [0.25, 0.3) is 6.08 Å². The summed E-state index contributed by atoms with van der Waals surface area (Å²) in [4.78, 5) is 46.4. The van der Waals surface area contributed by atoms with E-state index in [1.807, 2.05) is 120 Å². The Labute approximate surface area is 271 Å². The molecule has 1 spiro atoms. The highest BCUT2D eigenvalue weighted by molar-refractivity contribution is 6.15. The molecule has 1 saturated heterocycles. The maximum Gasteiger partial charge on any atom is 0.314 e. The van der Waals surface area contributed by atoms with E-state index in [4.69, 9.17) is 4.74 Å². The molecular formula is C40H29FN2O4. The third-order valence-electron chi connectivity index (χ3n) is 9.63. The molecule has 0 bridgehead atoms. The maximum absolute atomic E-state index is 15.1. The minimum absolute atomic E-state index is 0.228. The van der Waals surface area contributed by atoms with Crippen molar-refractivity contribution in [3.8, 4) is 0 Å². The molecule has 3 aliphatic rings. The largest absolute Gasteiger partial charge is 0.452 e. The van der Waals surface area contributed by atoms with Gasteiger partial charge in [-0.1, -0.05) is 109 Å². The van der Waals surface area contributed by atoms with Gasteiger partial charge in [0.05, 0.1) is 6.04 Å². The van der Waals surface area contributed by atoms with E-state index in [0.717, 1.165) is 22.4 Å². The van der Waals surface area contributed by atoms with Crippen molar-refractivity contribution in [1.82, 2.24) is 0 Å². The molecular weight excluding hydrogens is 591 g/mol. The first-order valence-corrected chi connectivity index (χ1v) is 15.5. The summed E-state index contributed by atoms with van der Waals surface area (Å²) in [6.45, 7) is 0. The zero-order chi connectivity index (χ0) is 32.1. The molecule has 1 fully saturated rings. The Morgan fingerprint density at radius 3 is 2.09 bits per heavy atom. The standard InChI is InChI=1S/C40H29FN2O4/c41-29-22-19-26(20-23-29)36(44)35-34(38(45)47-37(27-12-3-1-4-13-27)28-14-5-2-6-15-28)40(30-16-8-9-17-31(30)42-39(40)46)33-24-21-25-11-7-10-18-32(25)43(33)35/h1-24,33-35,37H,(H,42,46)/t33-,34+,35-,40+/m1/s1. The maximum atomic E-state index is 15.1. The molecule has 5 aromatic rings. The molecule has 1 N–H and O–H groups in total. The number of amides is 1. The summed E-state index contributed by atoms with van der Waals surface area (Å²) in [6.07, 6.45) is 3.05. The highest BCUT2D eigenvalue weighted by Crippen LogP contribution is 2.58. The molecule has 5 aromatic carbocycles. The van der Waals surface area contributed by atoms with Crippen molar-refractivity contribution in [2.45, 2.75) is 23.6 Å². The lowest BCUT2D eigenvalue weighted by Gasteiger charge is -2.37. The van der Waals surface area contributed by atoms with Crippen LogP contribution in [0.2, 0.25) is 0 Å². The van der Waals surface area contributed by atoms with Crippen molar-refractivity contribution in [2.24, 2.45) is 5.92 Å². The van der Waals surface area contributed by atoms with E-state index in [1.165, 1.54) is 24.3 Å². The molecule has 3 heterocycles. The van der Waals surface area contributed by atoms with Crippen LogP contribution in [0.5, 0.6) is 0 Å². The van der Waals surface area contributed by atoms with Gasteiger partial charge in [-0.25, -0.2) is 4.39 Å². The number of fused-ring (bicyclic) bond motifs is 6. The van der Waals surface area contributed by atoms with Crippen molar-refractivity contribution in [3.63, 3.8) is 0 Å². The fourth-order valence-corrected chi connectivity index (χ4v) is 7.64. The molecule has 8 rings (SSSR count). The molecule has 7 heteroatoms. The molecule has 4 atom stereocenters. The van der Waals surface area contributed by atoms with Crippen LogP contribution in [-0.2, 0) is 19.7 Å². The molecule has 6 nitrogen and oxygen atoms in total. The van der Waals surface area contributed by atoms with Gasteiger partial charge in [0.2, 0.25) is 5.91 Å². The number of hydrogen-bond acceptors (Lipinski definition) is 5. The lowest BCUT2D eigenvalue weighted by Crippen LogP contribution is -2.51. The van der Waals surface area contributed by atoms with Crippen molar-refractivity contribution >= 4 is 35.1 Å². The van der Waals surface area contributed by atoms with Crippen LogP contribution in [0, 0.1) is 11.7 Å². The van der Waals surface area contributed by atoms with Gasteiger partial charge in [-0.3, -0.25) is 14.4 Å². The second-order valence-corrected chi connectivity index (χ2v) is 12.1. The van der Waals surface area contributed by atoms with Crippen molar-refractivity contribution in [2.75, 3.05) is 10.2 Å². The van der Waals surface area contributed by atoms with Gasteiger partial charge in [-0.2, -0.15) is 0 Å². The predicted molar refractivity (Wildman–Crippen MR) is 177 cm³/mol.